The lowest BCUT2D eigenvalue weighted by Gasteiger charge is -2.05. The minimum atomic E-state index is 0.0665. The Labute approximate surface area is 95.7 Å². The van der Waals surface area contributed by atoms with Gasteiger partial charge in [0.1, 0.15) is 0 Å². The second kappa shape index (κ2) is 5.91. The Hall–Kier alpha value is -0.830. The molecule has 1 N–H and O–H groups in total. The van der Waals surface area contributed by atoms with Crippen LogP contribution in [-0.2, 0) is 0 Å². The zero-order valence-electron chi connectivity index (χ0n) is 9.67. The molecular formula is C12H19NOS. The molecule has 0 radical (unpaired) electrons. The third-order valence-corrected chi connectivity index (χ3v) is 3.21. The molecule has 1 rings (SSSR count). The van der Waals surface area contributed by atoms with E-state index < -0.39 is 0 Å². The monoisotopic (exact) mass is 225 g/mol. The molecule has 1 aromatic rings. The van der Waals surface area contributed by atoms with Crippen molar-refractivity contribution in [1.82, 2.24) is 5.32 Å². The number of thiophene rings is 1. The molecule has 2 nitrogen and oxygen atoms in total. The van der Waals surface area contributed by atoms with Crippen molar-refractivity contribution in [2.45, 2.75) is 33.6 Å². The Morgan fingerprint density at radius 2 is 2.20 bits per heavy atom. The Bertz CT molecular complexity index is 317. The fraction of sp³-hybridized carbons (Fsp3) is 0.583. The van der Waals surface area contributed by atoms with E-state index in [0.717, 1.165) is 17.8 Å². The molecule has 0 fully saturated rings. The molecule has 1 aromatic heterocycles. The molecule has 0 saturated carbocycles. The van der Waals surface area contributed by atoms with Crippen LogP contribution in [0.1, 0.15) is 41.2 Å². The second-order valence-electron chi connectivity index (χ2n) is 4.20. The van der Waals surface area contributed by atoms with Crippen LogP contribution in [0, 0.1) is 12.8 Å². The van der Waals surface area contributed by atoms with Gasteiger partial charge in [0.05, 0.1) is 4.88 Å². The standard InChI is InChI=1S/C12H19NOS/c1-9(2)5-4-8-13-12(14)11-7-6-10(3)15-11/h6-7,9H,4-5,8H2,1-3H3,(H,13,14). The summed E-state index contributed by atoms with van der Waals surface area (Å²) >= 11 is 1.55. The fourth-order valence-corrected chi connectivity index (χ4v) is 2.14. The number of aryl methyl sites for hydroxylation is 1. The van der Waals surface area contributed by atoms with Gasteiger partial charge in [-0.05, 0) is 37.8 Å². The van der Waals surface area contributed by atoms with Gasteiger partial charge < -0.3 is 5.32 Å². The molecule has 1 amide bonds. The maximum absolute atomic E-state index is 11.6. The van der Waals surface area contributed by atoms with E-state index in [2.05, 4.69) is 19.2 Å². The van der Waals surface area contributed by atoms with Crippen molar-refractivity contribution in [1.29, 1.82) is 0 Å². The molecule has 3 heteroatoms. The van der Waals surface area contributed by atoms with E-state index in [4.69, 9.17) is 0 Å². The van der Waals surface area contributed by atoms with Crippen LogP contribution in [0.15, 0.2) is 12.1 Å². The maximum Gasteiger partial charge on any atom is 0.261 e. The van der Waals surface area contributed by atoms with E-state index in [1.165, 1.54) is 11.3 Å². The molecule has 0 unspecified atom stereocenters. The average molecular weight is 225 g/mol. The highest BCUT2D eigenvalue weighted by molar-refractivity contribution is 7.13. The predicted molar refractivity (Wildman–Crippen MR) is 65.5 cm³/mol. The largest absolute Gasteiger partial charge is 0.351 e. The third-order valence-electron chi connectivity index (χ3n) is 2.21. The number of hydrogen-bond acceptors (Lipinski definition) is 2. The lowest BCUT2D eigenvalue weighted by molar-refractivity contribution is 0.0956. The van der Waals surface area contributed by atoms with Crippen LogP contribution in [0.25, 0.3) is 0 Å². The van der Waals surface area contributed by atoms with Gasteiger partial charge in [0, 0.05) is 11.4 Å². The van der Waals surface area contributed by atoms with Crippen molar-refractivity contribution in [3.05, 3.63) is 21.9 Å². The van der Waals surface area contributed by atoms with Crippen molar-refractivity contribution in [3.63, 3.8) is 0 Å². The highest BCUT2D eigenvalue weighted by atomic mass is 32.1. The first kappa shape index (κ1) is 12.2. The molecule has 0 aromatic carbocycles. The minimum absolute atomic E-state index is 0.0665. The summed E-state index contributed by atoms with van der Waals surface area (Å²) in [4.78, 5) is 13.6. The van der Waals surface area contributed by atoms with Crippen LogP contribution >= 0.6 is 11.3 Å². The Morgan fingerprint density at radius 3 is 2.73 bits per heavy atom. The fourth-order valence-electron chi connectivity index (χ4n) is 1.36. The summed E-state index contributed by atoms with van der Waals surface area (Å²) in [6.45, 7) is 7.20. The van der Waals surface area contributed by atoms with E-state index in [1.807, 2.05) is 19.1 Å². The van der Waals surface area contributed by atoms with Gasteiger partial charge in [-0.2, -0.15) is 0 Å². The lowest BCUT2D eigenvalue weighted by Crippen LogP contribution is -2.23. The van der Waals surface area contributed by atoms with Crippen molar-refractivity contribution >= 4 is 17.2 Å². The van der Waals surface area contributed by atoms with E-state index in [-0.39, 0.29) is 5.91 Å². The van der Waals surface area contributed by atoms with E-state index in [9.17, 15) is 4.79 Å². The highest BCUT2D eigenvalue weighted by Crippen LogP contribution is 2.14. The number of carbonyl (C=O) groups is 1. The molecule has 0 aliphatic rings. The summed E-state index contributed by atoms with van der Waals surface area (Å²) in [6, 6.07) is 3.87. The quantitative estimate of drug-likeness (QED) is 0.766. The van der Waals surface area contributed by atoms with Crippen LogP contribution in [0.4, 0.5) is 0 Å². The SMILES string of the molecule is Cc1ccc(C(=O)NCCCC(C)C)s1. The molecule has 1 heterocycles. The molecule has 0 aliphatic heterocycles. The van der Waals surface area contributed by atoms with Crippen molar-refractivity contribution in [3.8, 4) is 0 Å². The predicted octanol–water partition coefficient (Wildman–Crippen LogP) is 3.22. The number of amides is 1. The molecule has 0 saturated heterocycles. The summed E-state index contributed by atoms with van der Waals surface area (Å²) in [5.74, 6) is 0.780. The number of carbonyl (C=O) groups excluding carboxylic acids is 1. The first-order valence-corrected chi connectivity index (χ1v) is 6.26. The van der Waals surface area contributed by atoms with Crippen LogP contribution < -0.4 is 5.32 Å². The van der Waals surface area contributed by atoms with Gasteiger partial charge in [0.15, 0.2) is 0 Å². The topological polar surface area (TPSA) is 29.1 Å². The first-order valence-electron chi connectivity index (χ1n) is 5.44. The van der Waals surface area contributed by atoms with Gasteiger partial charge >= 0.3 is 0 Å². The zero-order valence-corrected chi connectivity index (χ0v) is 10.5. The third kappa shape index (κ3) is 4.47. The van der Waals surface area contributed by atoms with E-state index in [0.29, 0.717) is 5.92 Å². The van der Waals surface area contributed by atoms with Crippen LogP contribution in [0.3, 0.4) is 0 Å². The Kier molecular flexibility index (Phi) is 4.82. The maximum atomic E-state index is 11.6. The number of hydrogen-bond donors (Lipinski definition) is 1. The van der Waals surface area contributed by atoms with Crippen LogP contribution in [-0.4, -0.2) is 12.5 Å². The molecule has 0 atom stereocenters. The first-order chi connectivity index (χ1) is 7.09. The van der Waals surface area contributed by atoms with Crippen molar-refractivity contribution in [2.24, 2.45) is 5.92 Å². The van der Waals surface area contributed by atoms with Crippen LogP contribution in [0.2, 0.25) is 0 Å². The summed E-state index contributed by atoms with van der Waals surface area (Å²) in [5.41, 5.74) is 0. The second-order valence-corrected chi connectivity index (χ2v) is 5.49. The van der Waals surface area contributed by atoms with Crippen molar-refractivity contribution < 1.29 is 4.79 Å². The van der Waals surface area contributed by atoms with Gasteiger partial charge in [-0.15, -0.1) is 11.3 Å². The van der Waals surface area contributed by atoms with E-state index >= 15 is 0 Å². The summed E-state index contributed by atoms with van der Waals surface area (Å²) < 4.78 is 0. The summed E-state index contributed by atoms with van der Waals surface area (Å²) in [7, 11) is 0. The van der Waals surface area contributed by atoms with Crippen LogP contribution in [0.5, 0.6) is 0 Å². The Balaban J connectivity index is 2.25. The minimum Gasteiger partial charge on any atom is -0.351 e. The van der Waals surface area contributed by atoms with Gasteiger partial charge in [-0.3, -0.25) is 4.79 Å². The van der Waals surface area contributed by atoms with Gasteiger partial charge in [0.25, 0.3) is 5.91 Å². The molecule has 0 aliphatic carbocycles. The molecule has 0 bridgehead atoms. The molecule has 0 spiro atoms. The zero-order chi connectivity index (χ0) is 11.3. The average Bonchev–Trinajstić information content (AvgIpc) is 2.59. The van der Waals surface area contributed by atoms with Gasteiger partial charge in [-0.25, -0.2) is 0 Å². The smallest absolute Gasteiger partial charge is 0.261 e. The number of nitrogens with one attached hydrogen (secondary N) is 1. The molecular weight excluding hydrogens is 206 g/mol. The molecule has 84 valence electrons. The lowest BCUT2D eigenvalue weighted by atomic mass is 10.1. The normalized spacial score (nSPS) is 10.7. The van der Waals surface area contributed by atoms with E-state index in [1.54, 1.807) is 11.3 Å². The number of rotatable bonds is 5. The molecule has 15 heavy (non-hydrogen) atoms. The van der Waals surface area contributed by atoms with Gasteiger partial charge in [-0.1, -0.05) is 13.8 Å². The highest BCUT2D eigenvalue weighted by Gasteiger charge is 2.06. The Morgan fingerprint density at radius 1 is 1.47 bits per heavy atom. The van der Waals surface area contributed by atoms with Gasteiger partial charge in [0.2, 0.25) is 0 Å². The van der Waals surface area contributed by atoms with Crippen molar-refractivity contribution in [2.75, 3.05) is 6.54 Å². The summed E-state index contributed by atoms with van der Waals surface area (Å²) in [6.07, 6.45) is 2.23. The summed E-state index contributed by atoms with van der Waals surface area (Å²) in [5, 5.41) is 2.94.